The van der Waals surface area contributed by atoms with E-state index in [2.05, 4.69) is 4.98 Å². The predicted molar refractivity (Wildman–Crippen MR) is 95.2 cm³/mol. The number of anilines is 1. The molecule has 0 radical (unpaired) electrons. The fourth-order valence-electron chi connectivity index (χ4n) is 2.42. The second kappa shape index (κ2) is 7.03. The van der Waals surface area contributed by atoms with Gasteiger partial charge in [-0.2, -0.15) is 0 Å². The summed E-state index contributed by atoms with van der Waals surface area (Å²) in [5, 5.41) is 0. The Morgan fingerprint density at radius 3 is 2.28 bits per heavy atom. The van der Waals surface area contributed by atoms with Crippen molar-refractivity contribution in [3.05, 3.63) is 90.0 Å². The molecule has 1 aromatic heterocycles. The minimum atomic E-state index is -3.80. The maximum absolute atomic E-state index is 13.3. The van der Waals surface area contributed by atoms with E-state index in [0.717, 1.165) is 11.1 Å². The van der Waals surface area contributed by atoms with Crippen LogP contribution in [0.4, 0.5) is 10.1 Å². The molecule has 0 saturated carbocycles. The van der Waals surface area contributed by atoms with Crippen molar-refractivity contribution in [3.8, 4) is 0 Å². The largest absolute Gasteiger partial charge is 0.264 e. The summed E-state index contributed by atoms with van der Waals surface area (Å²) in [6.07, 6.45) is 3.24. The third kappa shape index (κ3) is 3.85. The minimum absolute atomic E-state index is 0.107. The van der Waals surface area contributed by atoms with Crippen molar-refractivity contribution < 1.29 is 12.8 Å². The highest BCUT2D eigenvalue weighted by Crippen LogP contribution is 2.26. The van der Waals surface area contributed by atoms with Gasteiger partial charge in [-0.25, -0.2) is 12.8 Å². The first-order chi connectivity index (χ1) is 12.0. The maximum Gasteiger partial charge on any atom is 0.264 e. The van der Waals surface area contributed by atoms with E-state index in [9.17, 15) is 12.8 Å². The van der Waals surface area contributed by atoms with E-state index in [0.29, 0.717) is 5.69 Å². The van der Waals surface area contributed by atoms with Crippen molar-refractivity contribution >= 4 is 15.7 Å². The lowest BCUT2D eigenvalue weighted by atomic mass is 10.2. The fraction of sp³-hybridized carbons (Fsp3) is 0.105. The predicted octanol–water partition coefficient (Wildman–Crippen LogP) is 3.92. The number of pyridine rings is 1. The van der Waals surface area contributed by atoms with Gasteiger partial charge >= 0.3 is 0 Å². The second-order valence-electron chi connectivity index (χ2n) is 5.66. The van der Waals surface area contributed by atoms with Crippen LogP contribution >= 0.6 is 0 Å². The van der Waals surface area contributed by atoms with Crippen molar-refractivity contribution in [2.24, 2.45) is 0 Å². The summed E-state index contributed by atoms with van der Waals surface area (Å²) >= 11 is 0. The van der Waals surface area contributed by atoms with E-state index in [1.807, 2.05) is 6.92 Å². The summed E-state index contributed by atoms with van der Waals surface area (Å²) in [5.41, 5.74) is 2.10. The molecule has 0 saturated heterocycles. The van der Waals surface area contributed by atoms with Gasteiger partial charge < -0.3 is 0 Å². The number of hydrogen-bond donors (Lipinski definition) is 0. The van der Waals surface area contributed by atoms with Crippen LogP contribution in [0, 0.1) is 12.7 Å². The number of aryl methyl sites for hydroxylation is 1. The van der Waals surface area contributed by atoms with Crippen molar-refractivity contribution in [1.82, 2.24) is 4.98 Å². The molecule has 2 aromatic carbocycles. The van der Waals surface area contributed by atoms with Crippen LogP contribution in [-0.2, 0) is 16.6 Å². The lowest BCUT2D eigenvalue weighted by Crippen LogP contribution is -2.30. The molecule has 3 aromatic rings. The summed E-state index contributed by atoms with van der Waals surface area (Å²) in [4.78, 5) is 4.22. The average molecular weight is 356 g/mol. The zero-order chi connectivity index (χ0) is 17.9. The van der Waals surface area contributed by atoms with E-state index >= 15 is 0 Å². The van der Waals surface area contributed by atoms with Gasteiger partial charge in [0.1, 0.15) is 5.82 Å². The lowest BCUT2D eigenvalue weighted by molar-refractivity contribution is 0.590. The molecule has 0 atom stereocenters. The Hall–Kier alpha value is -2.73. The monoisotopic (exact) mass is 356 g/mol. The Balaban J connectivity index is 2.06. The van der Waals surface area contributed by atoms with Crippen LogP contribution in [0.25, 0.3) is 0 Å². The van der Waals surface area contributed by atoms with Gasteiger partial charge in [0.25, 0.3) is 10.0 Å². The molecule has 0 fully saturated rings. The molecular weight excluding hydrogens is 339 g/mol. The van der Waals surface area contributed by atoms with E-state index in [1.165, 1.54) is 28.6 Å². The van der Waals surface area contributed by atoms with Crippen LogP contribution in [-0.4, -0.2) is 13.4 Å². The topological polar surface area (TPSA) is 50.3 Å². The standard InChI is InChI=1S/C19H17FN2O2S/c1-15-4-10-19(11-5-15)25(23,24)22(14-16-3-2-12-21-13-16)18-8-6-17(20)7-9-18/h2-13H,14H2,1H3. The number of aromatic nitrogens is 1. The molecule has 3 rings (SSSR count). The second-order valence-corrected chi connectivity index (χ2v) is 7.52. The highest BCUT2D eigenvalue weighted by molar-refractivity contribution is 7.92. The van der Waals surface area contributed by atoms with Gasteiger partial charge in [0, 0.05) is 12.4 Å². The number of rotatable bonds is 5. The Bertz CT molecular complexity index is 941. The SMILES string of the molecule is Cc1ccc(S(=O)(=O)N(Cc2cccnc2)c2ccc(F)cc2)cc1. The average Bonchev–Trinajstić information content (AvgIpc) is 2.62. The summed E-state index contributed by atoms with van der Waals surface area (Å²) in [6, 6.07) is 15.6. The number of nitrogens with zero attached hydrogens (tertiary/aromatic N) is 2. The quantitative estimate of drug-likeness (QED) is 0.696. The molecular formula is C19H17FN2O2S. The molecule has 6 heteroatoms. The highest BCUT2D eigenvalue weighted by atomic mass is 32.2. The molecule has 0 spiro atoms. The van der Waals surface area contributed by atoms with Crippen LogP contribution in [0.15, 0.2) is 78.0 Å². The first kappa shape index (κ1) is 17.1. The Morgan fingerprint density at radius 2 is 1.68 bits per heavy atom. The van der Waals surface area contributed by atoms with Crippen molar-refractivity contribution in [2.75, 3.05) is 4.31 Å². The lowest BCUT2D eigenvalue weighted by Gasteiger charge is -2.24. The highest BCUT2D eigenvalue weighted by Gasteiger charge is 2.25. The number of benzene rings is 2. The van der Waals surface area contributed by atoms with Crippen LogP contribution in [0.1, 0.15) is 11.1 Å². The molecule has 0 N–H and O–H groups in total. The van der Waals surface area contributed by atoms with Crippen LogP contribution in [0.3, 0.4) is 0 Å². The Kier molecular flexibility index (Phi) is 4.81. The van der Waals surface area contributed by atoms with Gasteiger partial charge in [-0.15, -0.1) is 0 Å². The summed E-state index contributed by atoms with van der Waals surface area (Å²) in [6.45, 7) is 2.00. The Morgan fingerprint density at radius 1 is 1.00 bits per heavy atom. The van der Waals surface area contributed by atoms with Gasteiger partial charge in [0.05, 0.1) is 17.1 Å². The summed E-state index contributed by atoms with van der Waals surface area (Å²) in [5.74, 6) is -0.419. The molecule has 1 heterocycles. The molecule has 0 aliphatic rings. The van der Waals surface area contributed by atoms with Gasteiger partial charge in [-0.3, -0.25) is 9.29 Å². The zero-order valence-corrected chi connectivity index (χ0v) is 14.4. The Labute approximate surface area is 146 Å². The van der Waals surface area contributed by atoms with Gasteiger partial charge in [-0.1, -0.05) is 23.8 Å². The normalized spacial score (nSPS) is 11.3. The smallest absolute Gasteiger partial charge is 0.264 e. The summed E-state index contributed by atoms with van der Waals surface area (Å²) < 4.78 is 40.8. The van der Waals surface area contributed by atoms with Gasteiger partial charge in [0.15, 0.2) is 0 Å². The third-order valence-electron chi connectivity index (χ3n) is 3.77. The third-order valence-corrected chi connectivity index (χ3v) is 5.56. The minimum Gasteiger partial charge on any atom is -0.264 e. The van der Waals surface area contributed by atoms with E-state index in [1.54, 1.807) is 48.8 Å². The van der Waals surface area contributed by atoms with Crippen LogP contribution < -0.4 is 4.31 Å². The first-order valence-electron chi connectivity index (χ1n) is 7.71. The number of halogens is 1. The van der Waals surface area contributed by atoms with Crippen LogP contribution in [0.2, 0.25) is 0 Å². The maximum atomic E-state index is 13.3. The molecule has 0 amide bonds. The van der Waals surface area contributed by atoms with E-state index in [-0.39, 0.29) is 11.4 Å². The van der Waals surface area contributed by atoms with Crippen molar-refractivity contribution in [3.63, 3.8) is 0 Å². The number of sulfonamides is 1. The zero-order valence-electron chi connectivity index (χ0n) is 13.6. The fourth-order valence-corrected chi connectivity index (χ4v) is 3.87. The van der Waals surface area contributed by atoms with Crippen LogP contribution in [0.5, 0.6) is 0 Å². The summed E-state index contributed by atoms with van der Waals surface area (Å²) in [7, 11) is -3.80. The molecule has 0 bridgehead atoms. The van der Waals surface area contributed by atoms with E-state index < -0.39 is 15.8 Å². The van der Waals surface area contributed by atoms with Gasteiger partial charge in [0.2, 0.25) is 0 Å². The van der Waals surface area contributed by atoms with E-state index in [4.69, 9.17) is 0 Å². The molecule has 128 valence electrons. The molecule has 0 aliphatic heterocycles. The van der Waals surface area contributed by atoms with Crippen molar-refractivity contribution in [1.29, 1.82) is 0 Å². The number of hydrogen-bond acceptors (Lipinski definition) is 3. The molecule has 0 unspecified atom stereocenters. The molecule has 0 aliphatic carbocycles. The van der Waals surface area contributed by atoms with Crippen molar-refractivity contribution in [2.45, 2.75) is 18.4 Å². The first-order valence-corrected chi connectivity index (χ1v) is 9.15. The molecule has 25 heavy (non-hydrogen) atoms. The van der Waals surface area contributed by atoms with Gasteiger partial charge in [-0.05, 0) is 55.0 Å². The molecule has 4 nitrogen and oxygen atoms in total.